The molecular formula is C27H28N4O. The van der Waals surface area contributed by atoms with E-state index < -0.39 is 5.41 Å². The average molecular weight is 425 g/mol. The van der Waals surface area contributed by atoms with Crippen LogP contribution in [-0.4, -0.2) is 33.8 Å². The summed E-state index contributed by atoms with van der Waals surface area (Å²) in [5.41, 5.74) is 5.51. The van der Waals surface area contributed by atoms with Gasteiger partial charge in [-0.1, -0.05) is 56.3 Å². The number of aromatic amines is 1. The van der Waals surface area contributed by atoms with Crippen LogP contribution >= 0.6 is 0 Å². The Morgan fingerprint density at radius 2 is 1.84 bits per heavy atom. The fraction of sp³-hybridized carbons (Fsp3) is 0.296. The molecule has 0 spiro atoms. The molecule has 2 aromatic heterocycles. The van der Waals surface area contributed by atoms with Gasteiger partial charge in [0.1, 0.15) is 5.52 Å². The van der Waals surface area contributed by atoms with E-state index in [0.717, 1.165) is 29.9 Å². The van der Waals surface area contributed by atoms with Crippen molar-refractivity contribution in [2.75, 3.05) is 18.0 Å². The van der Waals surface area contributed by atoms with E-state index in [1.165, 1.54) is 18.5 Å². The van der Waals surface area contributed by atoms with Crippen molar-refractivity contribution in [3.63, 3.8) is 0 Å². The molecule has 0 aliphatic carbocycles. The summed E-state index contributed by atoms with van der Waals surface area (Å²) in [6.45, 7) is 6.19. The summed E-state index contributed by atoms with van der Waals surface area (Å²) in [5, 5.41) is 0. The highest BCUT2D eigenvalue weighted by Gasteiger charge is 2.31. The highest BCUT2D eigenvalue weighted by atomic mass is 16.1. The van der Waals surface area contributed by atoms with Crippen molar-refractivity contribution in [2.24, 2.45) is 5.41 Å². The first kappa shape index (κ1) is 20.4. The molecule has 1 aliphatic rings. The second-order valence-electron chi connectivity index (χ2n) is 9.27. The molecule has 1 aliphatic heterocycles. The highest BCUT2D eigenvalue weighted by molar-refractivity contribution is 6.08. The molecule has 1 fully saturated rings. The van der Waals surface area contributed by atoms with E-state index in [9.17, 15) is 4.79 Å². The minimum atomic E-state index is -0.552. The molecule has 5 nitrogen and oxygen atoms in total. The van der Waals surface area contributed by atoms with Crippen LogP contribution in [0.15, 0.2) is 67.0 Å². The van der Waals surface area contributed by atoms with E-state index in [1.807, 2.05) is 32.0 Å². The fourth-order valence-corrected chi connectivity index (χ4v) is 4.59. The number of rotatable bonds is 6. The van der Waals surface area contributed by atoms with E-state index in [4.69, 9.17) is 4.98 Å². The van der Waals surface area contributed by atoms with Crippen LogP contribution in [0.3, 0.4) is 0 Å². The number of H-pyrrole nitrogens is 1. The molecule has 0 amide bonds. The Morgan fingerprint density at radius 1 is 1.06 bits per heavy atom. The third kappa shape index (κ3) is 3.91. The second-order valence-corrected chi connectivity index (χ2v) is 9.27. The molecule has 1 saturated heterocycles. The summed E-state index contributed by atoms with van der Waals surface area (Å²) < 4.78 is 0. The number of fused-ring (bicyclic) bond motifs is 1. The predicted octanol–water partition coefficient (Wildman–Crippen LogP) is 5.68. The van der Waals surface area contributed by atoms with Crippen LogP contribution < -0.4 is 4.90 Å². The number of hydrogen-bond donors (Lipinski definition) is 1. The third-order valence-corrected chi connectivity index (χ3v) is 6.34. The third-order valence-electron chi connectivity index (χ3n) is 6.34. The maximum Gasteiger partial charge on any atom is 0.172 e. The second kappa shape index (κ2) is 8.23. The van der Waals surface area contributed by atoms with Crippen molar-refractivity contribution >= 4 is 22.6 Å². The number of Topliss-reactive ketones (excluding diaryl/α,β-unsaturated/α-hetero) is 1. The number of carbonyl (C=O) groups is 1. The van der Waals surface area contributed by atoms with E-state index >= 15 is 0 Å². The zero-order valence-electron chi connectivity index (χ0n) is 18.6. The summed E-state index contributed by atoms with van der Waals surface area (Å²) in [7, 11) is 0. The van der Waals surface area contributed by atoms with Crippen LogP contribution in [0.2, 0.25) is 0 Å². The van der Waals surface area contributed by atoms with Crippen LogP contribution in [0.25, 0.3) is 22.4 Å². The van der Waals surface area contributed by atoms with Crippen LogP contribution in [-0.2, 0) is 6.42 Å². The van der Waals surface area contributed by atoms with Crippen LogP contribution in [0, 0.1) is 5.41 Å². The molecule has 0 bridgehead atoms. The van der Waals surface area contributed by atoms with E-state index in [0.29, 0.717) is 23.1 Å². The first-order valence-corrected chi connectivity index (χ1v) is 11.3. The van der Waals surface area contributed by atoms with Gasteiger partial charge in [-0.3, -0.25) is 4.79 Å². The highest BCUT2D eigenvalue weighted by Crippen LogP contribution is 2.31. The zero-order valence-corrected chi connectivity index (χ0v) is 18.6. The first-order valence-electron chi connectivity index (χ1n) is 11.3. The molecule has 32 heavy (non-hydrogen) atoms. The van der Waals surface area contributed by atoms with Gasteiger partial charge in [0.05, 0.1) is 17.5 Å². The van der Waals surface area contributed by atoms with Gasteiger partial charge in [-0.2, -0.15) is 0 Å². The van der Waals surface area contributed by atoms with E-state index in [2.05, 4.69) is 51.3 Å². The molecule has 162 valence electrons. The number of ketones is 1. The smallest absolute Gasteiger partial charge is 0.172 e. The van der Waals surface area contributed by atoms with Gasteiger partial charge in [0.2, 0.25) is 0 Å². The number of carbonyl (C=O) groups excluding carboxylic acids is 1. The maximum absolute atomic E-state index is 13.5. The number of nitrogens with one attached hydrogen (secondary N) is 1. The topological polar surface area (TPSA) is 61.9 Å². The fourth-order valence-electron chi connectivity index (χ4n) is 4.59. The predicted molar refractivity (Wildman–Crippen MR) is 129 cm³/mol. The molecule has 1 N–H and O–H groups in total. The van der Waals surface area contributed by atoms with Gasteiger partial charge in [-0.25, -0.2) is 9.97 Å². The van der Waals surface area contributed by atoms with E-state index in [1.54, 1.807) is 12.4 Å². The number of aromatic nitrogens is 3. The molecule has 5 heteroatoms. The summed E-state index contributed by atoms with van der Waals surface area (Å²) in [6.07, 6.45) is 6.69. The molecule has 0 radical (unpaired) electrons. The Kier molecular flexibility index (Phi) is 5.25. The Bertz CT molecular complexity index is 1250. The van der Waals surface area contributed by atoms with Crippen molar-refractivity contribution in [3.8, 4) is 11.3 Å². The van der Waals surface area contributed by atoms with Crippen molar-refractivity contribution in [1.29, 1.82) is 0 Å². The summed E-state index contributed by atoms with van der Waals surface area (Å²) in [4.78, 5) is 28.5. The van der Waals surface area contributed by atoms with Crippen molar-refractivity contribution in [1.82, 2.24) is 15.0 Å². The van der Waals surface area contributed by atoms with Crippen molar-refractivity contribution in [3.05, 3.63) is 78.1 Å². The van der Waals surface area contributed by atoms with Gasteiger partial charge in [-0.15, -0.1) is 0 Å². The van der Waals surface area contributed by atoms with Gasteiger partial charge >= 0.3 is 0 Å². The monoisotopic (exact) mass is 424 g/mol. The lowest BCUT2D eigenvalue weighted by molar-refractivity contribution is 0.0839. The minimum Gasteiger partial charge on any atom is -0.372 e. The van der Waals surface area contributed by atoms with Crippen molar-refractivity contribution < 1.29 is 4.79 Å². The Hall–Kier alpha value is -3.47. The van der Waals surface area contributed by atoms with Gasteiger partial charge in [0.15, 0.2) is 11.4 Å². The Balaban J connectivity index is 1.48. The van der Waals surface area contributed by atoms with Crippen molar-refractivity contribution in [2.45, 2.75) is 33.1 Å². The Labute approximate surface area is 188 Å². The lowest BCUT2D eigenvalue weighted by Gasteiger charge is -2.22. The molecule has 5 rings (SSSR count). The zero-order chi connectivity index (χ0) is 22.1. The summed E-state index contributed by atoms with van der Waals surface area (Å²) in [6, 6.07) is 18.6. The molecule has 2 aromatic carbocycles. The summed E-state index contributed by atoms with van der Waals surface area (Å²) >= 11 is 0. The molecule has 0 unspecified atom stereocenters. The van der Waals surface area contributed by atoms with Gasteiger partial charge < -0.3 is 9.88 Å². The van der Waals surface area contributed by atoms with Gasteiger partial charge in [0, 0.05) is 36.0 Å². The number of nitrogens with zero attached hydrogens (tertiary/aromatic N) is 3. The quantitative estimate of drug-likeness (QED) is 0.405. The number of benzene rings is 2. The number of hydrogen-bond acceptors (Lipinski definition) is 4. The van der Waals surface area contributed by atoms with Crippen LogP contribution in [0.1, 0.15) is 42.6 Å². The standard InChI is InChI=1S/C27H28N4O/c1-27(2,16-19-9-4-3-5-10-19)25(32)22-17-28-26-24(22)30-23(18-29-26)20-11-8-12-21(15-20)31-13-6-7-14-31/h3-5,8-12,15,17-18H,6-7,13-14,16H2,1-2H3,(H,28,29). The van der Waals surface area contributed by atoms with E-state index in [-0.39, 0.29) is 5.78 Å². The molecule has 0 atom stereocenters. The summed E-state index contributed by atoms with van der Waals surface area (Å²) in [5.74, 6) is 0.0740. The maximum atomic E-state index is 13.5. The molecular weight excluding hydrogens is 396 g/mol. The van der Waals surface area contributed by atoms with Crippen LogP contribution in [0.5, 0.6) is 0 Å². The molecule has 0 saturated carbocycles. The molecule has 4 aromatic rings. The minimum absolute atomic E-state index is 0.0740. The lowest BCUT2D eigenvalue weighted by Crippen LogP contribution is -2.27. The SMILES string of the molecule is CC(C)(Cc1ccccc1)C(=O)c1c[nH]c2ncc(-c3cccc(N4CCCC4)c3)nc12. The average Bonchev–Trinajstić information content (AvgIpc) is 3.49. The Morgan fingerprint density at radius 3 is 2.62 bits per heavy atom. The normalized spacial score (nSPS) is 14.2. The largest absolute Gasteiger partial charge is 0.372 e. The molecule has 3 heterocycles. The first-order chi connectivity index (χ1) is 15.5. The van der Waals surface area contributed by atoms with Gasteiger partial charge in [-0.05, 0) is 37.0 Å². The van der Waals surface area contributed by atoms with Gasteiger partial charge in [0.25, 0.3) is 0 Å². The number of anilines is 1. The van der Waals surface area contributed by atoms with Crippen LogP contribution in [0.4, 0.5) is 5.69 Å². The lowest BCUT2D eigenvalue weighted by atomic mass is 9.79.